The van der Waals surface area contributed by atoms with Crippen molar-refractivity contribution in [1.29, 1.82) is 0 Å². The number of carbonyl (C=O) groups is 2. The maximum absolute atomic E-state index is 12.4. The van der Waals surface area contributed by atoms with Gasteiger partial charge in [0, 0.05) is 11.4 Å². The van der Waals surface area contributed by atoms with E-state index in [0.29, 0.717) is 30.3 Å². The van der Waals surface area contributed by atoms with Crippen LogP contribution >= 0.6 is 22.9 Å². The van der Waals surface area contributed by atoms with Crippen molar-refractivity contribution < 1.29 is 14.7 Å². The molecule has 6 heteroatoms. The molecule has 1 aromatic heterocycles. The van der Waals surface area contributed by atoms with Crippen LogP contribution < -0.4 is 0 Å². The lowest BCUT2D eigenvalue weighted by Crippen LogP contribution is -2.45. The third-order valence-electron chi connectivity index (χ3n) is 3.55. The summed E-state index contributed by atoms with van der Waals surface area (Å²) in [5.74, 6) is -1.93. The third kappa shape index (κ3) is 3.22. The molecule has 1 fully saturated rings. The summed E-state index contributed by atoms with van der Waals surface area (Å²) in [6, 6.07) is 3.67. The largest absolute Gasteiger partial charge is 0.481 e. The van der Waals surface area contributed by atoms with Gasteiger partial charge < -0.3 is 10.0 Å². The Hall–Kier alpha value is -1.33. The Labute approximate surface area is 126 Å². The maximum atomic E-state index is 12.4. The lowest BCUT2D eigenvalue weighted by atomic mass is 9.73. The fourth-order valence-electron chi connectivity index (χ4n) is 2.34. The van der Waals surface area contributed by atoms with E-state index in [1.165, 1.54) is 11.3 Å². The smallest absolute Gasteiger partial charge is 0.307 e. The van der Waals surface area contributed by atoms with E-state index in [9.17, 15) is 9.59 Å². The Kier molecular flexibility index (Phi) is 4.83. The lowest BCUT2D eigenvalue weighted by Gasteiger charge is -2.36. The summed E-state index contributed by atoms with van der Waals surface area (Å²) in [5, 5.41) is 9.05. The fourth-order valence-corrected chi connectivity index (χ4v) is 3.44. The van der Waals surface area contributed by atoms with Crippen LogP contribution in [-0.4, -0.2) is 28.4 Å². The van der Waals surface area contributed by atoms with E-state index < -0.39 is 17.8 Å². The monoisotopic (exact) mass is 313 g/mol. The highest BCUT2D eigenvalue weighted by atomic mass is 35.5. The zero-order valence-corrected chi connectivity index (χ0v) is 12.5. The highest BCUT2D eigenvalue weighted by Crippen LogP contribution is 2.36. The minimum Gasteiger partial charge on any atom is -0.481 e. The Morgan fingerprint density at radius 2 is 2.15 bits per heavy atom. The molecule has 1 N–H and O–H groups in total. The number of amides is 1. The number of aliphatic carboxylic acids is 1. The summed E-state index contributed by atoms with van der Waals surface area (Å²) in [6.45, 7) is 4.52. The molecule has 0 aromatic carbocycles. The molecule has 0 saturated heterocycles. The second kappa shape index (κ2) is 6.41. The fraction of sp³-hybridized carbons (Fsp3) is 0.429. The zero-order chi connectivity index (χ0) is 14.7. The van der Waals surface area contributed by atoms with Gasteiger partial charge in [-0.1, -0.05) is 17.7 Å². The van der Waals surface area contributed by atoms with E-state index >= 15 is 0 Å². The van der Waals surface area contributed by atoms with Crippen molar-refractivity contribution in [3.05, 3.63) is 34.0 Å². The first kappa shape index (κ1) is 15.1. The topological polar surface area (TPSA) is 57.6 Å². The van der Waals surface area contributed by atoms with Crippen LogP contribution in [0.3, 0.4) is 0 Å². The number of halogens is 1. The van der Waals surface area contributed by atoms with Crippen LogP contribution in [0.4, 0.5) is 0 Å². The maximum Gasteiger partial charge on any atom is 0.307 e. The van der Waals surface area contributed by atoms with E-state index in [4.69, 9.17) is 16.7 Å². The molecule has 4 nitrogen and oxygen atoms in total. The first-order valence-electron chi connectivity index (χ1n) is 6.39. The summed E-state index contributed by atoms with van der Waals surface area (Å²) in [6.07, 6.45) is 2.88. The number of thiophene rings is 1. The second-order valence-electron chi connectivity index (χ2n) is 4.84. The molecule has 1 aromatic rings. The van der Waals surface area contributed by atoms with Gasteiger partial charge in [0.05, 0.1) is 22.7 Å². The molecule has 0 aliphatic heterocycles. The van der Waals surface area contributed by atoms with Gasteiger partial charge in [-0.05, 0) is 25.0 Å². The molecule has 20 heavy (non-hydrogen) atoms. The zero-order valence-electron chi connectivity index (χ0n) is 10.9. The number of hydrogen-bond acceptors (Lipinski definition) is 3. The van der Waals surface area contributed by atoms with Crippen LogP contribution in [0.25, 0.3) is 0 Å². The van der Waals surface area contributed by atoms with E-state index in [1.54, 1.807) is 17.0 Å². The van der Waals surface area contributed by atoms with Crippen LogP contribution in [-0.2, 0) is 16.1 Å². The Bertz CT molecular complexity index is 528. The van der Waals surface area contributed by atoms with E-state index in [1.807, 2.05) is 6.07 Å². The normalized spacial score (nSPS) is 21.1. The van der Waals surface area contributed by atoms with Gasteiger partial charge in [0.2, 0.25) is 5.91 Å². The van der Waals surface area contributed by atoms with Gasteiger partial charge in [-0.2, -0.15) is 0 Å². The molecule has 1 saturated carbocycles. The number of hydrogen-bond donors (Lipinski definition) is 1. The van der Waals surface area contributed by atoms with Crippen LogP contribution in [0.15, 0.2) is 24.8 Å². The molecule has 2 rings (SSSR count). The molecule has 0 spiro atoms. The minimum absolute atomic E-state index is 0.104. The standard InChI is InChI=1S/C14H16ClNO3S/c1-2-7-16(8-9-3-6-12(15)20-9)13(17)10-4-5-11(10)14(18)19/h2-3,6,10-11H,1,4-5,7-8H2,(H,18,19). The predicted octanol–water partition coefficient (Wildman–Crippen LogP) is 3.03. The summed E-state index contributed by atoms with van der Waals surface area (Å²) in [4.78, 5) is 26.1. The second-order valence-corrected chi connectivity index (χ2v) is 6.64. The van der Waals surface area contributed by atoms with Crippen molar-refractivity contribution in [2.45, 2.75) is 19.4 Å². The average Bonchev–Trinajstić information content (AvgIpc) is 2.72. The lowest BCUT2D eigenvalue weighted by molar-refractivity contribution is -0.156. The molecule has 2 atom stereocenters. The average molecular weight is 314 g/mol. The van der Waals surface area contributed by atoms with Gasteiger partial charge in [-0.15, -0.1) is 17.9 Å². The molecular formula is C14H16ClNO3S. The molecule has 108 valence electrons. The molecule has 2 unspecified atom stereocenters. The quantitative estimate of drug-likeness (QED) is 0.821. The summed E-state index contributed by atoms with van der Waals surface area (Å²) >= 11 is 7.31. The molecule has 1 aliphatic rings. The van der Waals surface area contributed by atoms with Crippen molar-refractivity contribution in [2.24, 2.45) is 11.8 Å². The van der Waals surface area contributed by atoms with Gasteiger partial charge in [0.1, 0.15) is 0 Å². The summed E-state index contributed by atoms with van der Waals surface area (Å²) < 4.78 is 0.679. The van der Waals surface area contributed by atoms with Crippen LogP contribution in [0.2, 0.25) is 4.34 Å². The third-order valence-corrected chi connectivity index (χ3v) is 4.76. The molecule has 1 aliphatic carbocycles. The van der Waals surface area contributed by atoms with Crippen molar-refractivity contribution in [3.8, 4) is 0 Å². The molecular weight excluding hydrogens is 298 g/mol. The number of carboxylic acids is 1. The SMILES string of the molecule is C=CCN(Cc1ccc(Cl)s1)C(=O)C1CCC1C(=O)O. The van der Waals surface area contributed by atoms with Gasteiger partial charge >= 0.3 is 5.97 Å². The van der Waals surface area contributed by atoms with Crippen molar-refractivity contribution in [2.75, 3.05) is 6.54 Å². The van der Waals surface area contributed by atoms with Gasteiger partial charge in [-0.3, -0.25) is 9.59 Å². The number of nitrogens with zero attached hydrogens (tertiary/aromatic N) is 1. The first-order valence-corrected chi connectivity index (χ1v) is 7.59. The van der Waals surface area contributed by atoms with Crippen molar-refractivity contribution in [3.63, 3.8) is 0 Å². The van der Waals surface area contributed by atoms with Gasteiger partial charge in [-0.25, -0.2) is 0 Å². The Morgan fingerprint density at radius 1 is 1.45 bits per heavy atom. The van der Waals surface area contributed by atoms with E-state index in [0.717, 1.165) is 4.88 Å². The first-order chi connectivity index (χ1) is 9.52. The Balaban J connectivity index is 2.06. The molecule has 0 bridgehead atoms. The van der Waals surface area contributed by atoms with Crippen molar-refractivity contribution >= 4 is 34.8 Å². The summed E-state index contributed by atoms with van der Waals surface area (Å²) in [5.41, 5.74) is 0. The van der Waals surface area contributed by atoms with Crippen LogP contribution in [0.1, 0.15) is 17.7 Å². The highest BCUT2D eigenvalue weighted by Gasteiger charge is 2.43. The van der Waals surface area contributed by atoms with Gasteiger partial charge in [0.15, 0.2) is 0 Å². The summed E-state index contributed by atoms with van der Waals surface area (Å²) in [7, 11) is 0. The molecule has 0 radical (unpaired) electrons. The molecule has 1 heterocycles. The van der Waals surface area contributed by atoms with Crippen LogP contribution in [0, 0.1) is 11.8 Å². The van der Waals surface area contributed by atoms with Crippen molar-refractivity contribution in [1.82, 2.24) is 4.90 Å². The van der Waals surface area contributed by atoms with Crippen LogP contribution in [0.5, 0.6) is 0 Å². The minimum atomic E-state index is -0.882. The molecule has 1 amide bonds. The Morgan fingerprint density at radius 3 is 2.60 bits per heavy atom. The van der Waals surface area contributed by atoms with E-state index in [2.05, 4.69) is 6.58 Å². The highest BCUT2D eigenvalue weighted by molar-refractivity contribution is 7.16. The number of carbonyl (C=O) groups excluding carboxylic acids is 1. The number of carboxylic acid groups (broad SMARTS) is 1. The predicted molar refractivity (Wildman–Crippen MR) is 78.8 cm³/mol. The number of rotatable bonds is 6. The van der Waals surface area contributed by atoms with Gasteiger partial charge in [0.25, 0.3) is 0 Å². The van der Waals surface area contributed by atoms with E-state index in [-0.39, 0.29) is 5.91 Å².